The Balaban J connectivity index is 2.29. The van der Waals surface area contributed by atoms with E-state index in [1.54, 1.807) is 11.8 Å². The zero-order chi connectivity index (χ0) is 6.10. The topological polar surface area (TPSA) is 3.24 Å². The first kappa shape index (κ1) is 5.18. The predicted molar refractivity (Wildman–Crippen MR) is 40.7 cm³/mol. The van der Waals surface area contributed by atoms with Gasteiger partial charge in [0.2, 0.25) is 0 Å². The van der Waals surface area contributed by atoms with Crippen LogP contribution in [-0.2, 0) is 0 Å². The van der Waals surface area contributed by atoms with E-state index in [9.17, 15) is 0 Å². The predicted octanol–water partition coefficient (Wildman–Crippen LogP) is 1.92. The first-order chi connectivity index (χ1) is 4.47. The second-order valence-electron chi connectivity index (χ2n) is 2.02. The van der Waals surface area contributed by atoms with Crippen LogP contribution in [0.25, 0.3) is 0 Å². The second kappa shape index (κ2) is 1.95. The van der Waals surface area contributed by atoms with E-state index in [0.717, 1.165) is 6.54 Å². The van der Waals surface area contributed by atoms with Crippen molar-refractivity contribution in [1.82, 2.24) is 4.90 Å². The summed E-state index contributed by atoms with van der Waals surface area (Å²) < 4.78 is 0. The molecule has 0 aromatic rings. The molecule has 2 aliphatic heterocycles. The molecule has 0 unspecified atom stereocenters. The molecular weight excluding hydrogens is 130 g/mol. The van der Waals surface area contributed by atoms with Crippen molar-refractivity contribution < 1.29 is 0 Å². The van der Waals surface area contributed by atoms with Crippen molar-refractivity contribution in [2.24, 2.45) is 0 Å². The van der Waals surface area contributed by atoms with Gasteiger partial charge in [-0.1, -0.05) is 6.08 Å². The molecule has 0 bridgehead atoms. The Hall–Kier alpha value is -0.630. The van der Waals surface area contributed by atoms with E-state index in [1.807, 2.05) is 0 Å². The van der Waals surface area contributed by atoms with Gasteiger partial charge in [0.25, 0.3) is 0 Å². The Morgan fingerprint density at radius 1 is 1.56 bits per heavy atom. The van der Waals surface area contributed by atoms with Crippen molar-refractivity contribution in [1.29, 1.82) is 0 Å². The molecule has 9 heavy (non-hydrogen) atoms. The van der Waals surface area contributed by atoms with Gasteiger partial charge in [0.15, 0.2) is 0 Å². The minimum Gasteiger partial charge on any atom is -0.343 e. The number of allylic oxidation sites excluding steroid dienone is 1. The Labute approximate surface area is 58.7 Å². The summed E-state index contributed by atoms with van der Waals surface area (Å²) in [7, 11) is 0. The highest BCUT2D eigenvalue weighted by atomic mass is 32.2. The zero-order valence-corrected chi connectivity index (χ0v) is 5.77. The van der Waals surface area contributed by atoms with E-state index in [0.29, 0.717) is 0 Å². The maximum Gasteiger partial charge on any atom is 0.0474 e. The van der Waals surface area contributed by atoms with Crippen molar-refractivity contribution in [3.8, 4) is 0 Å². The smallest absolute Gasteiger partial charge is 0.0474 e. The van der Waals surface area contributed by atoms with Crippen molar-refractivity contribution in [2.75, 3.05) is 6.54 Å². The summed E-state index contributed by atoms with van der Waals surface area (Å²) in [6.45, 7) is 1.04. The second-order valence-corrected chi connectivity index (χ2v) is 2.80. The maximum absolute atomic E-state index is 2.22. The van der Waals surface area contributed by atoms with E-state index < -0.39 is 0 Å². The fraction of sp³-hybridized carbons (Fsp3) is 0.143. The number of nitrogens with zero attached hydrogens (tertiary/aromatic N) is 1. The van der Waals surface area contributed by atoms with Crippen LogP contribution in [0.15, 0.2) is 34.9 Å². The lowest BCUT2D eigenvalue weighted by Gasteiger charge is -2.16. The third-order valence-electron chi connectivity index (χ3n) is 1.43. The molecule has 0 atom stereocenters. The highest BCUT2D eigenvalue weighted by Crippen LogP contribution is 2.23. The summed E-state index contributed by atoms with van der Waals surface area (Å²) in [6, 6.07) is 0. The van der Waals surface area contributed by atoms with Crippen molar-refractivity contribution in [3.63, 3.8) is 0 Å². The summed E-state index contributed by atoms with van der Waals surface area (Å²) >= 11 is 1.74. The molecule has 0 aromatic heterocycles. The lowest BCUT2D eigenvalue weighted by atomic mass is 10.5. The normalized spacial score (nSPS) is 22.2. The summed E-state index contributed by atoms with van der Waals surface area (Å²) in [5.41, 5.74) is 1.32. The molecule has 0 amide bonds. The average molecular weight is 137 g/mol. The highest BCUT2D eigenvalue weighted by Gasteiger charge is 2.09. The van der Waals surface area contributed by atoms with E-state index in [4.69, 9.17) is 0 Å². The maximum atomic E-state index is 2.22. The SMILES string of the molecule is C1=CC2=CSC=CN2C1. The van der Waals surface area contributed by atoms with Crippen molar-refractivity contribution in [3.05, 3.63) is 34.9 Å². The Kier molecular flexibility index (Phi) is 1.12. The third kappa shape index (κ3) is 0.793. The molecule has 0 radical (unpaired) electrons. The zero-order valence-electron chi connectivity index (χ0n) is 4.95. The number of rotatable bonds is 0. The van der Waals surface area contributed by atoms with Crippen LogP contribution in [-0.4, -0.2) is 11.4 Å². The van der Waals surface area contributed by atoms with Gasteiger partial charge in [0, 0.05) is 18.4 Å². The van der Waals surface area contributed by atoms with Gasteiger partial charge in [-0.25, -0.2) is 0 Å². The van der Waals surface area contributed by atoms with E-state index >= 15 is 0 Å². The molecule has 0 saturated carbocycles. The van der Waals surface area contributed by atoms with Crippen LogP contribution >= 0.6 is 11.8 Å². The minimum absolute atomic E-state index is 1.04. The summed E-state index contributed by atoms with van der Waals surface area (Å²) in [5, 5.41) is 4.25. The molecule has 0 saturated heterocycles. The van der Waals surface area contributed by atoms with Crippen LogP contribution in [0, 0.1) is 0 Å². The quantitative estimate of drug-likeness (QED) is 0.502. The number of fused-ring (bicyclic) bond motifs is 1. The lowest BCUT2D eigenvalue weighted by molar-refractivity contribution is 0.557. The first-order valence-corrected chi connectivity index (χ1v) is 3.86. The summed E-state index contributed by atoms with van der Waals surface area (Å²) in [6.07, 6.45) is 6.43. The Morgan fingerprint density at radius 3 is 3.44 bits per heavy atom. The van der Waals surface area contributed by atoms with Gasteiger partial charge >= 0.3 is 0 Å². The molecular formula is C7H7NS. The number of hydrogen-bond donors (Lipinski definition) is 0. The van der Waals surface area contributed by atoms with E-state index in [-0.39, 0.29) is 0 Å². The molecule has 2 heteroatoms. The van der Waals surface area contributed by atoms with Crippen LogP contribution in [0.3, 0.4) is 0 Å². The molecule has 0 fully saturated rings. The van der Waals surface area contributed by atoms with Crippen LogP contribution in [0.5, 0.6) is 0 Å². The summed E-state index contributed by atoms with van der Waals surface area (Å²) in [4.78, 5) is 2.22. The van der Waals surface area contributed by atoms with Gasteiger partial charge in [-0.05, 0) is 16.9 Å². The van der Waals surface area contributed by atoms with Gasteiger partial charge in [-0.3, -0.25) is 0 Å². The molecule has 1 nitrogen and oxygen atoms in total. The molecule has 0 N–H and O–H groups in total. The third-order valence-corrected chi connectivity index (χ3v) is 2.09. The molecule has 0 aromatic carbocycles. The Morgan fingerprint density at radius 2 is 2.56 bits per heavy atom. The van der Waals surface area contributed by atoms with Crippen LogP contribution in [0.1, 0.15) is 0 Å². The molecule has 2 heterocycles. The molecule has 0 aliphatic carbocycles. The monoisotopic (exact) mass is 137 g/mol. The van der Waals surface area contributed by atoms with Gasteiger partial charge in [0.05, 0.1) is 0 Å². The van der Waals surface area contributed by atoms with Crippen LogP contribution in [0.4, 0.5) is 0 Å². The molecule has 0 spiro atoms. The number of thioether (sulfide) groups is 1. The average Bonchev–Trinajstić information content (AvgIpc) is 2.33. The minimum atomic E-state index is 1.04. The molecule has 2 aliphatic rings. The van der Waals surface area contributed by atoms with Gasteiger partial charge < -0.3 is 4.90 Å². The van der Waals surface area contributed by atoms with Crippen molar-refractivity contribution >= 4 is 11.8 Å². The standard InChI is InChI=1S/C7H7NS/c1-2-7-6-9-5-4-8(7)3-1/h1-2,4-6H,3H2. The fourth-order valence-corrected chi connectivity index (χ4v) is 1.61. The van der Waals surface area contributed by atoms with E-state index in [2.05, 4.69) is 34.1 Å². The fourth-order valence-electron chi connectivity index (χ4n) is 0.960. The lowest BCUT2D eigenvalue weighted by Crippen LogP contribution is -2.10. The van der Waals surface area contributed by atoms with Crippen LogP contribution < -0.4 is 0 Å². The summed E-state index contributed by atoms with van der Waals surface area (Å²) in [5.74, 6) is 0. The van der Waals surface area contributed by atoms with E-state index in [1.165, 1.54) is 5.70 Å². The molecule has 46 valence electrons. The molecule has 2 rings (SSSR count). The van der Waals surface area contributed by atoms with Crippen LogP contribution in [0.2, 0.25) is 0 Å². The van der Waals surface area contributed by atoms with Gasteiger partial charge in [-0.15, -0.1) is 11.8 Å². The first-order valence-electron chi connectivity index (χ1n) is 2.92. The number of hydrogen-bond acceptors (Lipinski definition) is 2. The highest BCUT2D eigenvalue weighted by molar-refractivity contribution is 8.04. The van der Waals surface area contributed by atoms with Crippen molar-refractivity contribution in [2.45, 2.75) is 0 Å². The van der Waals surface area contributed by atoms with Gasteiger partial charge in [0.1, 0.15) is 0 Å². The Bertz CT molecular complexity index is 203. The van der Waals surface area contributed by atoms with Gasteiger partial charge in [-0.2, -0.15) is 0 Å². The largest absolute Gasteiger partial charge is 0.343 e.